The third kappa shape index (κ3) is 7.36. The largest absolute Gasteiger partial charge is 0.462 e. The van der Waals surface area contributed by atoms with Crippen LogP contribution in [0.2, 0.25) is 0 Å². The quantitative estimate of drug-likeness (QED) is 0.340. The van der Waals surface area contributed by atoms with Crippen molar-refractivity contribution in [2.45, 2.75) is 58.8 Å². The van der Waals surface area contributed by atoms with E-state index in [0.717, 1.165) is 0 Å². The van der Waals surface area contributed by atoms with Gasteiger partial charge in [0.15, 0.2) is 12.5 Å². The number of carbonyl (C=O) groups is 1. The summed E-state index contributed by atoms with van der Waals surface area (Å²) in [7, 11) is -4.10. The third-order valence-electron chi connectivity index (χ3n) is 5.14. The highest BCUT2D eigenvalue weighted by Gasteiger charge is 2.36. The Balaban J connectivity index is 1.68. The summed E-state index contributed by atoms with van der Waals surface area (Å²) in [6, 6.07) is 7.32. The first kappa shape index (κ1) is 26.8. The number of nitrogens with zero attached hydrogens (tertiary/aromatic N) is 1. The Morgan fingerprint density at radius 2 is 2.00 bits per heavy atom. The van der Waals surface area contributed by atoms with Crippen LogP contribution in [-0.2, 0) is 28.1 Å². The maximum atomic E-state index is 13.5. The van der Waals surface area contributed by atoms with Crippen LogP contribution in [0, 0.1) is 6.92 Å². The minimum atomic E-state index is -4.10. The van der Waals surface area contributed by atoms with Gasteiger partial charge in [-0.2, -0.15) is 5.09 Å². The minimum absolute atomic E-state index is 0.00563. The van der Waals surface area contributed by atoms with Crippen molar-refractivity contribution >= 4 is 13.7 Å². The van der Waals surface area contributed by atoms with Gasteiger partial charge in [0.25, 0.3) is 5.56 Å². The lowest BCUT2D eigenvalue weighted by molar-refractivity contribution is -0.150. The average molecular weight is 511 g/mol. The Morgan fingerprint density at radius 3 is 2.69 bits per heavy atom. The van der Waals surface area contributed by atoms with Crippen molar-refractivity contribution in [3.05, 3.63) is 62.9 Å². The zero-order chi connectivity index (χ0) is 25.6. The van der Waals surface area contributed by atoms with E-state index < -0.39 is 43.5 Å². The van der Waals surface area contributed by atoms with Gasteiger partial charge in [-0.15, -0.1) is 0 Å². The number of H-pyrrole nitrogens is 1. The Hall–Kier alpha value is -2.76. The van der Waals surface area contributed by atoms with Crippen LogP contribution in [0.4, 0.5) is 0 Å². The van der Waals surface area contributed by atoms with Crippen LogP contribution >= 0.6 is 7.75 Å². The number of hydrogen-bond donors (Lipinski definition) is 2. The van der Waals surface area contributed by atoms with Gasteiger partial charge in [0.1, 0.15) is 18.4 Å². The number of aryl methyl sites for hydroxylation is 1. The Bertz CT molecular complexity index is 1170. The molecule has 12 nitrogen and oxygen atoms in total. The predicted octanol–water partition coefficient (Wildman–Crippen LogP) is 2.24. The van der Waals surface area contributed by atoms with Gasteiger partial charge in [0.05, 0.1) is 12.7 Å². The molecule has 1 aliphatic rings. The van der Waals surface area contributed by atoms with E-state index in [0.29, 0.717) is 12.0 Å². The minimum Gasteiger partial charge on any atom is -0.462 e. The fraction of sp³-hybridized carbons (Fsp3) is 0.500. The van der Waals surface area contributed by atoms with E-state index in [1.54, 1.807) is 44.2 Å². The van der Waals surface area contributed by atoms with Gasteiger partial charge in [0, 0.05) is 11.8 Å². The maximum Gasteiger partial charge on any atom is 0.459 e. The van der Waals surface area contributed by atoms with E-state index in [4.69, 9.17) is 23.3 Å². The molecule has 1 fully saturated rings. The molecule has 0 bridgehead atoms. The van der Waals surface area contributed by atoms with Crippen LogP contribution in [0.3, 0.4) is 0 Å². The molecular formula is C22H30N3O9P. The van der Waals surface area contributed by atoms with Gasteiger partial charge >= 0.3 is 19.4 Å². The third-order valence-corrected chi connectivity index (χ3v) is 6.78. The number of rotatable bonds is 11. The molecule has 2 aromatic rings. The fourth-order valence-electron chi connectivity index (χ4n) is 3.02. The molecule has 1 saturated heterocycles. The summed E-state index contributed by atoms with van der Waals surface area (Å²) in [6.45, 7) is 6.33. The van der Waals surface area contributed by atoms with E-state index in [1.165, 1.54) is 17.7 Å². The van der Waals surface area contributed by atoms with Crippen molar-refractivity contribution in [1.29, 1.82) is 0 Å². The summed E-state index contributed by atoms with van der Waals surface area (Å²) in [6.07, 6.45) is -0.120. The van der Waals surface area contributed by atoms with Gasteiger partial charge in [-0.3, -0.25) is 23.7 Å². The molecule has 2 N–H and O–H groups in total. The molecule has 1 aliphatic heterocycles. The highest BCUT2D eigenvalue weighted by Crippen LogP contribution is 2.45. The first-order chi connectivity index (χ1) is 16.6. The topological polar surface area (TPSA) is 147 Å². The lowest BCUT2D eigenvalue weighted by Gasteiger charge is -2.24. The predicted molar refractivity (Wildman–Crippen MR) is 125 cm³/mol. The zero-order valence-electron chi connectivity index (χ0n) is 20.0. The Morgan fingerprint density at radius 1 is 1.29 bits per heavy atom. The van der Waals surface area contributed by atoms with Crippen LogP contribution < -0.4 is 20.9 Å². The van der Waals surface area contributed by atoms with Crippen LogP contribution in [0.25, 0.3) is 0 Å². The van der Waals surface area contributed by atoms with Crippen molar-refractivity contribution in [2.75, 3.05) is 13.2 Å². The van der Waals surface area contributed by atoms with Gasteiger partial charge in [-0.25, -0.2) is 9.36 Å². The second kappa shape index (κ2) is 11.8. The van der Waals surface area contributed by atoms with E-state index in [2.05, 4.69) is 10.1 Å². The van der Waals surface area contributed by atoms with Gasteiger partial charge in [-0.05, 0) is 39.3 Å². The SMILES string of the molecule is CCC(C)OC(=O)[C@H](C)NP(=O)(OC[C@@H]1OC[C@H](n2cc(C)c(=O)[nH]c2=O)O1)Oc1ccccc1. The molecule has 0 saturated carbocycles. The molecule has 0 amide bonds. The first-order valence-corrected chi connectivity index (χ1v) is 12.7. The molecule has 0 radical (unpaired) electrons. The summed E-state index contributed by atoms with van der Waals surface area (Å²) >= 11 is 0. The first-order valence-electron chi connectivity index (χ1n) is 11.2. The molecule has 3 rings (SSSR count). The summed E-state index contributed by atoms with van der Waals surface area (Å²) in [5, 5.41) is 2.59. The molecular weight excluding hydrogens is 481 g/mol. The smallest absolute Gasteiger partial charge is 0.459 e. The summed E-state index contributed by atoms with van der Waals surface area (Å²) in [5.74, 6) is -0.353. The molecule has 1 aromatic heterocycles. The lowest BCUT2D eigenvalue weighted by Crippen LogP contribution is -2.37. The molecule has 192 valence electrons. The van der Waals surface area contributed by atoms with Crippen LogP contribution in [0.15, 0.2) is 46.1 Å². The van der Waals surface area contributed by atoms with Crippen LogP contribution in [-0.4, -0.2) is 47.2 Å². The number of nitrogens with one attached hydrogen (secondary N) is 2. The number of benzene rings is 1. The van der Waals surface area contributed by atoms with Crippen LogP contribution in [0.1, 0.15) is 39.0 Å². The molecule has 2 heterocycles. The van der Waals surface area contributed by atoms with E-state index in [-0.39, 0.29) is 25.1 Å². The molecule has 5 atom stereocenters. The highest BCUT2D eigenvalue weighted by molar-refractivity contribution is 7.52. The number of aromatic amines is 1. The summed E-state index contributed by atoms with van der Waals surface area (Å²) < 4.78 is 42.3. The Labute approximate surface area is 202 Å². The number of aromatic nitrogens is 2. The fourth-order valence-corrected chi connectivity index (χ4v) is 4.50. The highest BCUT2D eigenvalue weighted by atomic mass is 31.2. The second-order valence-corrected chi connectivity index (χ2v) is 9.73. The van der Waals surface area contributed by atoms with E-state index in [1.807, 2.05) is 6.92 Å². The Kier molecular flexibility index (Phi) is 9.03. The average Bonchev–Trinajstić information content (AvgIpc) is 3.29. The van der Waals surface area contributed by atoms with Gasteiger partial charge < -0.3 is 18.7 Å². The second-order valence-electron chi connectivity index (χ2n) is 8.04. The molecule has 0 aliphatic carbocycles. The normalized spacial score (nSPS) is 21.1. The van der Waals surface area contributed by atoms with Crippen LogP contribution in [0.5, 0.6) is 5.75 Å². The summed E-state index contributed by atoms with van der Waals surface area (Å²) in [5.41, 5.74) is -0.809. The molecule has 1 aromatic carbocycles. The number of carbonyl (C=O) groups excluding carboxylic acids is 1. The molecule has 2 unspecified atom stereocenters. The molecule has 35 heavy (non-hydrogen) atoms. The number of esters is 1. The van der Waals surface area contributed by atoms with Gasteiger partial charge in [0.2, 0.25) is 0 Å². The van der Waals surface area contributed by atoms with Gasteiger partial charge in [-0.1, -0.05) is 25.1 Å². The molecule has 13 heteroatoms. The summed E-state index contributed by atoms with van der Waals surface area (Å²) in [4.78, 5) is 38.3. The lowest BCUT2D eigenvalue weighted by atomic mass is 10.3. The van der Waals surface area contributed by atoms with Crippen molar-refractivity contribution in [3.8, 4) is 5.75 Å². The van der Waals surface area contributed by atoms with E-state index >= 15 is 0 Å². The van der Waals surface area contributed by atoms with Crippen molar-refractivity contribution in [1.82, 2.24) is 14.6 Å². The maximum absolute atomic E-state index is 13.5. The van der Waals surface area contributed by atoms with Crippen molar-refractivity contribution in [3.63, 3.8) is 0 Å². The van der Waals surface area contributed by atoms with E-state index in [9.17, 15) is 18.9 Å². The van der Waals surface area contributed by atoms with Crippen molar-refractivity contribution in [2.24, 2.45) is 0 Å². The molecule has 0 spiro atoms. The standard InChI is InChI=1S/C22H30N3O9P/c1-5-15(3)32-21(27)16(4)24-35(29,34-17-9-7-6-8-10-17)31-13-19-30-12-18(33-19)25-11-14(2)20(26)23-22(25)28/h6-11,15-16,18-19H,5,12-13H2,1-4H3,(H,24,29)(H,23,26,28)/t15?,16-,18+,19+,35?/m0/s1. The number of hydrogen-bond acceptors (Lipinski definition) is 9. The number of para-hydroxylation sites is 1. The van der Waals surface area contributed by atoms with Crippen molar-refractivity contribution < 1.29 is 32.6 Å². The zero-order valence-corrected chi connectivity index (χ0v) is 20.9. The number of ether oxygens (including phenoxy) is 3. The monoisotopic (exact) mass is 511 g/mol.